The molecule has 0 aliphatic carbocycles. The van der Waals surface area contributed by atoms with Gasteiger partial charge in [0.25, 0.3) is 5.91 Å². The van der Waals surface area contributed by atoms with Crippen molar-refractivity contribution in [2.24, 2.45) is 0 Å². The zero-order chi connectivity index (χ0) is 23.6. The average Bonchev–Trinajstić information content (AvgIpc) is 2.85. The van der Waals surface area contributed by atoms with Gasteiger partial charge in [-0.25, -0.2) is 0 Å². The number of carbonyl (C=O) groups is 2. The number of hydrogen-bond donors (Lipinski definition) is 1. The number of amides is 1. The maximum Gasteiger partial charge on any atom is 0.306 e. The van der Waals surface area contributed by atoms with Crippen LogP contribution in [0, 0.1) is 0 Å². The molecule has 1 aliphatic rings. The van der Waals surface area contributed by atoms with Crippen molar-refractivity contribution in [2.45, 2.75) is 19.3 Å². The molecular formula is C24H29NO8. The fourth-order valence-electron chi connectivity index (χ4n) is 3.38. The SMILES string of the molecule is COc1cc(CCC(=O)OCC(=O)NCCc2ccc3c(c2)OCCO3)cc(OC)c1OC. The topological polar surface area (TPSA) is 102 Å². The van der Waals surface area contributed by atoms with Crippen LogP contribution in [0.15, 0.2) is 30.3 Å². The maximum absolute atomic E-state index is 12.1. The molecule has 2 aromatic rings. The summed E-state index contributed by atoms with van der Waals surface area (Å²) in [6.45, 7) is 1.17. The van der Waals surface area contributed by atoms with Crippen molar-refractivity contribution < 1.29 is 38.0 Å². The maximum atomic E-state index is 12.1. The number of aryl methyl sites for hydroxylation is 1. The first-order valence-electron chi connectivity index (χ1n) is 10.6. The van der Waals surface area contributed by atoms with E-state index in [1.165, 1.54) is 21.3 Å². The predicted octanol–water partition coefficient (Wildman–Crippen LogP) is 2.32. The van der Waals surface area contributed by atoms with Crippen LogP contribution in [0.2, 0.25) is 0 Å². The van der Waals surface area contributed by atoms with E-state index >= 15 is 0 Å². The van der Waals surface area contributed by atoms with E-state index in [4.69, 9.17) is 28.4 Å². The van der Waals surface area contributed by atoms with Gasteiger partial charge in [0, 0.05) is 13.0 Å². The third-order valence-electron chi connectivity index (χ3n) is 5.05. The monoisotopic (exact) mass is 459 g/mol. The van der Waals surface area contributed by atoms with Gasteiger partial charge in [0.1, 0.15) is 13.2 Å². The standard InChI is InChI=1S/C24H29NO8/c1-28-20-13-17(14-21(29-2)24(20)30-3)5-7-23(27)33-15-22(26)25-9-8-16-4-6-18-19(12-16)32-11-10-31-18/h4,6,12-14H,5,7-11,15H2,1-3H3,(H,25,26). The van der Waals surface area contributed by atoms with Gasteiger partial charge >= 0.3 is 5.97 Å². The van der Waals surface area contributed by atoms with Crippen LogP contribution in [0.1, 0.15) is 17.5 Å². The highest BCUT2D eigenvalue weighted by Gasteiger charge is 2.15. The van der Waals surface area contributed by atoms with E-state index in [2.05, 4.69) is 5.32 Å². The molecule has 9 nitrogen and oxygen atoms in total. The first-order valence-corrected chi connectivity index (χ1v) is 10.6. The molecule has 1 amide bonds. The second-order valence-corrected chi connectivity index (χ2v) is 7.27. The van der Waals surface area contributed by atoms with Gasteiger partial charge in [-0.1, -0.05) is 6.07 Å². The smallest absolute Gasteiger partial charge is 0.306 e. The Morgan fingerprint density at radius 3 is 2.24 bits per heavy atom. The predicted molar refractivity (Wildman–Crippen MR) is 120 cm³/mol. The lowest BCUT2D eigenvalue weighted by Crippen LogP contribution is -2.30. The molecule has 33 heavy (non-hydrogen) atoms. The molecule has 178 valence electrons. The molecule has 9 heteroatoms. The van der Waals surface area contributed by atoms with E-state index in [9.17, 15) is 9.59 Å². The lowest BCUT2D eigenvalue weighted by Gasteiger charge is -2.18. The molecule has 1 aliphatic heterocycles. The van der Waals surface area contributed by atoms with Crippen molar-refractivity contribution in [2.75, 3.05) is 47.7 Å². The quantitative estimate of drug-likeness (QED) is 0.511. The lowest BCUT2D eigenvalue weighted by molar-refractivity contribution is -0.148. The third kappa shape index (κ3) is 6.68. The summed E-state index contributed by atoms with van der Waals surface area (Å²) in [5.74, 6) is 2.13. The average molecular weight is 459 g/mol. The number of esters is 1. The molecular weight excluding hydrogens is 430 g/mol. The van der Waals surface area contributed by atoms with Gasteiger partial charge in [0.05, 0.1) is 21.3 Å². The van der Waals surface area contributed by atoms with Crippen molar-refractivity contribution in [3.05, 3.63) is 41.5 Å². The molecule has 3 rings (SSSR count). The van der Waals surface area contributed by atoms with Crippen LogP contribution in [0.3, 0.4) is 0 Å². The van der Waals surface area contributed by atoms with Crippen molar-refractivity contribution >= 4 is 11.9 Å². The first kappa shape index (κ1) is 24.0. The fourth-order valence-corrected chi connectivity index (χ4v) is 3.38. The van der Waals surface area contributed by atoms with Gasteiger partial charge in [-0.05, 0) is 48.2 Å². The summed E-state index contributed by atoms with van der Waals surface area (Å²) in [4.78, 5) is 24.1. The van der Waals surface area contributed by atoms with Gasteiger partial charge in [-0.3, -0.25) is 9.59 Å². The van der Waals surface area contributed by atoms with Crippen LogP contribution < -0.4 is 29.0 Å². The molecule has 0 saturated carbocycles. The van der Waals surface area contributed by atoms with E-state index in [1.807, 2.05) is 18.2 Å². The Balaban J connectivity index is 1.39. The van der Waals surface area contributed by atoms with E-state index in [-0.39, 0.29) is 18.9 Å². The molecule has 0 bridgehead atoms. The number of nitrogens with one attached hydrogen (secondary N) is 1. The Bertz CT molecular complexity index is 950. The third-order valence-corrected chi connectivity index (χ3v) is 5.05. The minimum absolute atomic E-state index is 0.114. The van der Waals surface area contributed by atoms with E-state index in [0.29, 0.717) is 55.6 Å². The van der Waals surface area contributed by atoms with Crippen LogP contribution in [0.4, 0.5) is 0 Å². The summed E-state index contributed by atoms with van der Waals surface area (Å²) >= 11 is 0. The molecule has 0 spiro atoms. The first-order chi connectivity index (χ1) is 16.0. The zero-order valence-electron chi connectivity index (χ0n) is 19.1. The number of benzene rings is 2. The van der Waals surface area contributed by atoms with Crippen LogP contribution in [-0.2, 0) is 27.2 Å². The van der Waals surface area contributed by atoms with Crippen LogP contribution in [0.25, 0.3) is 0 Å². The Morgan fingerprint density at radius 2 is 1.58 bits per heavy atom. The minimum Gasteiger partial charge on any atom is -0.493 e. The summed E-state index contributed by atoms with van der Waals surface area (Å²) in [6.07, 6.45) is 1.14. The Hall–Kier alpha value is -3.62. The molecule has 1 heterocycles. The normalized spacial score (nSPS) is 12.0. The molecule has 2 aromatic carbocycles. The van der Waals surface area contributed by atoms with E-state index in [0.717, 1.165) is 16.9 Å². The molecule has 0 atom stereocenters. The van der Waals surface area contributed by atoms with Crippen molar-refractivity contribution in [1.29, 1.82) is 0 Å². The summed E-state index contributed by atoms with van der Waals surface area (Å²) in [5.41, 5.74) is 1.84. The number of carbonyl (C=O) groups excluding carboxylic acids is 2. The van der Waals surface area contributed by atoms with Gasteiger partial charge < -0.3 is 33.7 Å². The summed E-state index contributed by atoms with van der Waals surface area (Å²) < 4.78 is 32.1. The highest BCUT2D eigenvalue weighted by molar-refractivity contribution is 5.80. The fraction of sp³-hybridized carbons (Fsp3) is 0.417. The van der Waals surface area contributed by atoms with Crippen molar-refractivity contribution in [1.82, 2.24) is 5.32 Å². The molecule has 0 unspecified atom stereocenters. The van der Waals surface area contributed by atoms with E-state index in [1.54, 1.807) is 12.1 Å². The number of fused-ring (bicyclic) bond motifs is 1. The summed E-state index contributed by atoms with van der Waals surface area (Å²) in [6, 6.07) is 9.26. The van der Waals surface area contributed by atoms with Crippen molar-refractivity contribution in [3.63, 3.8) is 0 Å². The molecule has 0 aromatic heterocycles. The lowest BCUT2D eigenvalue weighted by atomic mass is 10.1. The zero-order valence-corrected chi connectivity index (χ0v) is 19.1. The number of ether oxygens (including phenoxy) is 6. The van der Waals surface area contributed by atoms with Gasteiger partial charge in [0.2, 0.25) is 5.75 Å². The Labute approximate surface area is 192 Å². The Kier molecular flexibility index (Phi) is 8.63. The highest BCUT2D eigenvalue weighted by atomic mass is 16.6. The summed E-state index contributed by atoms with van der Waals surface area (Å²) in [5, 5.41) is 2.75. The van der Waals surface area contributed by atoms with Crippen LogP contribution in [-0.4, -0.2) is 59.6 Å². The highest BCUT2D eigenvalue weighted by Crippen LogP contribution is 2.38. The molecule has 0 saturated heterocycles. The van der Waals surface area contributed by atoms with Gasteiger partial charge in [-0.2, -0.15) is 0 Å². The van der Waals surface area contributed by atoms with Gasteiger partial charge in [0.15, 0.2) is 29.6 Å². The number of rotatable bonds is 11. The second kappa shape index (κ2) is 11.8. The largest absolute Gasteiger partial charge is 0.493 e. The summed E-state index contributed by atoms with van der Waals surface area (Å²) in [7, 11) is 4.59. The minimum atomic E-state index is -0.467. The number of hydrogen-bond acceptors (Lipinski definition) is 8. The number of methoxy groups -OCH3 is 3. The molecule has 1 N–H and O–H groups in total. The second-order valence-electron chi connectivity index (χ2n) is 7.27. The molecule has 0 fully saturated rings. The van der Waals surface area contributed by atoms with E-state index < -0.39 is 5.97 Å². The van der Waals surface area contributed by atoms with Gasteiger partial charge in [-0.15, -0.1) is 0 Å². The van der Waals surface area contributed by atoms with Crippen LogP contribution >= 0.6 is 0 Å². The molecule has 0 radical (unpaired) electrons. The Morgan fingerprint density at radius 1 is 0.879 bits per heavy atom. The van der Waals surface area contributed by atoms with Crippen LogP contribution in [0.5, 0.6) is 28.7 Å². The van der Waals surface area contributed by atoms with Crippen molar-refractivity contribution in [3.8, 4) is 28.7 Å².